The van der Waals surface area contributed by atoms with Gasteiger partial charge in [0.25, 0.3) is 0 Å². The van der Waals surface area contributed by atoms with Crippen LogP contribution in [0.15, 0.2) is 12.2 Å². The lowest BCUT2D eigenvalue weighted by atomic mass is 10.0. The topological polar surface area (TPSA) is 148 Å². The molecule has 5 atom stereocenters. The first-order valence-electron chi connectivity index (χ1n) is 5.10. The standard InChI is InChI=1S/C10H18O8/c1-4(2)9(16)18-10(17)8(15)7(14)6(13)5(12)3-11/h5-8,10-15,17H,1,3H2,2H3/t5-,6+,7+,8+,10?/m0/s1. The van der Waals surface area contributed by atoms with E-state index in [-0.39, 0.29) is 5.57 Å². The van der Waals surface area contributed by atoms with E-state index in [0.717, 1.165) is 0 Å². The summed E-state index contributed by atoms with van der Waals surface area (Å²) >= 11 is 0. The summed E-state index contributed by atoms with van der Waals surface area (Å²) in [5.41, 5.74) is -0.0355. The number of carbonyl (C=O) groups excluding carboxylic acids is 1. The molecule has 18 heavy (non-hydrogen) atoms. The first-order valence-corrected chi connectivity index (χ1v) is 5.10. The van der Waals surface area contributed by atoms with Crippen molar-refractivity contribution in [2.45, 2.75) is 37.6 Å². The van der Waals surface area contributed by atoms with Gasteiger partial charge in [-0.25, -0.2) is 4.79 Å². The molecule has 8 heteroatoms. The molecule has 0 aliphatic rings. The summed E-state index contributed by atoms with van der Waals surface area (Å²) in [5.74, 6) is -0.994. The average Bonchev–Trinajstić information content (AvgIpc) is 2.34. The van der Waals surface area contributed by atoms with Crippen LogP contribution >= 0.6 is 0 Å². The summed E-state index contributed by atoms with van der Waals surface area (Å²) in [7, 11) is 0. The van der Waals surface area contributed by atoms with E-state index in [2.05, 4.69) is 11.3 Å². The molecule has 6 N–H and O–H groups in total. The summed E-state index contributed by atoms with van der Waals surface area (Å²) in [4.78, 5) is 11.0. The molecule has 1 unspecified atom stereocenters. The van der Waals surface area contributed by atoms with Gasteiger partial charge in [-0.15, -0.1) is 0 Å². The Morgan fingerprint density at radius 2 is 1.61 bits per heavy atom. The second-order valence-electron chi connectivity index (χ2n) is 3.80. The highest BCUT2D eigenvalue weighted by Gasteiger charge is 2.35. The zero-order chi connectivity index (χ0) is 14.5. The van der Waals surface area contributed by atoms with E-state index in [1.807, 2.05) is 0 Å². The number of hydrogen-bond donors (Lipinski definition) is 6. The maximum absolute atomic E-state index is 11.0. The van der Waals surface area contributed by atoms with Crippen LogP contribution in [0.4, 0.5) is 0 Å². The van der Waals surface area contributed by atoms with Crippen LogP contribution in [-0.4, -0.2) is 73.9 Å². The number of esters is 1. The minimum Gasteiger partial charge on any atom is -0.430 e. The predicted molar refractivity (Wildman–Crippen MR) is 58.0 cm³/mol. The molecule has 0 aliphatic heterocycles. The zero-order valence-corrected chi connectivity index (χ0v) is 9.80. The minimum atomic E-state index is -2.11. The molecule has 0 aromatic rings. The molecule has 8 nitrogen and oxygen atoms in total. The Balaban J connectivity index is 4.49. The fourth-order valence-electron chi connectivity index (χ4n) is 0.986. The number of aliphatic hydroxyl groups is 6. The number of hydrogen-bond acceptors (Lipinski definition) is 8. The maximum atomic E-state index is 11.0. The zero-order valence-electron chi connectivity index (χ0n) is 9.80. The van der Waals surface area contributed by atoms with Gasteiger partial charge in [0.15, 0.2) is 0 Å². The first kappa shape index (κ1) is 17.0. The highest BCUT2D eigenvalue weighted by molar-refractivity contribution is 5.87. The number of ether oxygens (including phenoxy) is 1. The third-order valence-corrected chi connectivity index (χ3v) is 2.15. The van der Waals surface area contributed by atoms with Crippen molar-refractivity contribution < 1.29 is 40.2 Å². The van der Waals surface area contributed by atoms with Gasteiger partial charge < -0.3 is 35.4 Å². The molecule has 0 aliphatic carbocycles. The molecule has 0 spiro atoms. The Labute approximate surface area is 103 Å². The molecule has 0 saturated heterocycles. The van der Waals surface area contributed by atoms with Gasteiger partial charge in [-0.1, -0.05) is 6.58 Å². The Morgan fingerprint density at radius 1 is 1.11 bits per heavy atom. The van der Waals surface area contributed by atoms with Crippen molar-refractivity contribution in [3.05, 3.63) is 12.2 Å². The summed E-state index contributed by atoms with van der Waals surface area (Å²) in [6.45, 7) is 3.69. The van der Waals surface area contributed by atoms with Crippen molar-refractivity contribution in [1.82, 2.24) is 0 Å². The predicted octanol–water partition coefficient (Wildman–Crippen LogP) is -3.14. The van der Waals surface area contributed by atoms with E-state index in [1.54, 1.807) is 0 Å². The van der Waals surface area contributed by atoms with Gasteiger partial charge in [-0.3, -0.25) is 0 Å². The summed E-state index contributed by atoms with van der Waals surface area (Å²) in [6, 6.07) is 0. The van der Waals surface area contributed by atoms with Crippen molar-refractivity contribution in [2.75, 3.05) is 6.61 Å². The molecule has 0 radical (unpaired) electrons. The second-order valence-corrected chi connectivity index (χ2v) is 3.80. The quantitative estimate of drug-likeness (QED) is 0.161. The third-order valence-electron chi connectivity index (χ3n) is 2.15. The Morgan fingerprint density at radius 3 is 2.00 bits per heavy atom. The molecule has 0 saturated carbocycles. The van der Waals surface area contributed by atoms with E-state index in [9.17, 15) is 25.2 Å². The number of carbonyl (C=O) groups is 1. The number of rotatable bonds is 7. The van der Waals surface area contributed by atoms with Crippen LogP contribution in [-0.2, 0) is 9.53 Å². The van der Waals surface area contributed by atoms with E-state index in [0.29, 0.717) is 0 Å². The van der Waals surface area contributed by atoms with E-state index in [4.69, 9.17) is 10.2 Å². The van der Waals surface area contributed by atoms with Crippen LogP contribution in [0.5, 0.6) is 0 Å². The summed E-state index contributed by atoms with van der Waals surface area (Å²) in [5, 5.41) is 54.8. The van der Waals surface area contributed by atoms with E-state index >= 15 is 0 Å². The lowest BCUT2D eigenvalue weighted by Gasteiger charge is -2.28. The normalized spacial score (nSPS) is 19.5. The highest BCUT2D eigenvalue weighted by Crippen LogP contribution is 2.10. The molecule has 0 aromatic heterocycles. The molecule has 0 bridgehead atoms. The van der Waals surface area contributed by atoms with Crippen LogP contribution in [0.3, 0.4) is 0 Å². The summed E-state index contributed by atoms with van der Waals surface area (Å²) in [6.07, 6.45) is -9.80. The fraction of sp³-hybridized carbons (Fsp3) is 0.700. The van der Waals surface area contributed by atoms with Gasteiger partial charge in [0.2, 0.25) is 6.29 Å². The second kappa shape index (κ2) is 7.41. The lowest BCUT2D eigenvalue weighted by molar-refractivity contribution is -0.211. The minimum absolute atomic E-state index is 0.0355. The van der Waals surface area contributed by atoms with Crippen LogP contribution in [0.2, 0.25) is 0 Å². The van der Waals surface area contributed by atoms with Crippen molar-refractivity contribution >= 4 is 5.97 Å². The third kappa shape index (κ3) is 4.69. The van der Waals surface area contributed by atoms with E-state index < -0.39 is 43.3 Å². The smallest absolute Gasteiger partial charge is 0.335 e. The number of aliphatic hydroxyl groups excluding tert-OH is 6. The maximum Gasteiger partial charge on any atom is 0.335 e. The monoisotopic (exact) mass is 266 g/mol. The molecule has 0 fully saturated rings. The Bertz CT molecular complexity index is 292. The summed E-state index contributed by atoms with van der Waals surface area (Å²) < 4.78 is 4.31. The SMILES string of the molecule is C=C(C)C(=O)OC(O)[C@H](O)[C@H](O)[C@H](O)[C@@H](O)CO. The molecule has 0 amide bonds. The molecule has 0 rings (SSSR count). The molecule has 106 valence electrons. The lowest BCUT2D eigenvalue weighted by Crippen LogP contribution is -2.50. The van der Waals surface area contributed by atoms with Crippen LogP contribution < -0.4 is 0 Å². The van der Waals surface area contributed by atoms with Crippen LogP contribution in [0.1, 0.15) is 6.92 Å². The van der Waals surface area contributed by atoms with Gasteiger partial charge in [-0.2, -0.15) is 0 Å². The Hall–Kier alpha value is -1.03. The molecular formula is C10H18O8. The molecular weight excluding hydrogens is 248 g/mol. The molecule has 0 heterocycles. The van der Waals surface area contributed by atoms with E-state index in [1.165, 1.54) is 6.92 Å². The average molecular weight is 266 g/mol. The fourth-order valence-corrected chi connectivity index (χ4v) is 0.986. The van der Waals surface area contributed by atoms with Crippen LogP contribution in [0, 0.1) is 0 Å². The van der Waals surface area contributed by atoms with Gasteiger partial charge in [0, 0.05) is 5.57 Å². The van der Waals surface area contributed by atoms with Crippen molar-refractivity contribution in [1.29, 1.82) is 0 Å². The van der Waals surface area contributed by atoms with Gasteiger partial charge >= 0.3 is 5.97 Å². The van der Waals surface area contributed by atoms with Crippen LogP contribution in [0.25, 0.3) is 0 Å². The van der Waals surface area contributed by atoms with Crippen molar-refractivity contribution in [3.8, 4) is 0 Å². The van der Waals surface area contributed by atoms with Gasteiger partial charge in [0.1, 0.15) is 24.4 Å². The largest absolute Gasteiger partial charge is 0.430 e. The van der Waals surface area contributed by atoms with Crippen molar-refractivity contribution in [3.63, 3.8) is 0 Å². The van der Waals surface area contributed by atoms with Crippen molar-refractivity contribution in [2.24, 2.45) is 0 Å². The Kier molecular flexibility index (Phi) is 6.99. The first-order chi connectivity index (χ1) is 8.22. The highest BCUT2D eigenvalue weighted by atomic mass is 16.6. The molecule has 0 aromatic carbocycles. The van der Waals surface area contributed by atoms with Gasteiger partial charge in [0.05, 0.1) is 6.61 Å². The van der Waals surface area contributed by atoms with Gasteiger partial charge in [-0.05, 0) is 6.92 Å².